The molecule has 1 amide bonds. The number of pyridine rings is 1. The first-order chi connectivity index (χ1) is 9.51. The molecule has 0 spiro atoms. The molecule has 0 saturated heterocycles. The highest BCUT2D eigenvalue weighted by molar-refractivity contribution is 5.91. The largest absolute Gasteiger partial charge is 0.384 e. The minimum absolute atomic E-state index is 0.319. The second-order valence-corrected chi connectivity index (χ2v) is 6.45. The van der Waals surface area contributed by atoms with E-state index in [0.29, 0.717) is 17.0 Å². The van der Waals surface area contributed by atoms with Crippen molar-refractivity contribution in [3.8, 4) is 0 Å². The fourth-order valence-corrected chi connectivity index (χ4v) is 3.41. The molecule has 0 bridgehead atoms. The highest BCUT2D eigenvalue weighted by atomic mass is 16.1. The second kappa shape index (κ2) is 6.25. The lowest BCUT2D eigenvalue weighted by Crippen LogP contribution is -2.28. The average molecular weight is 275 g/mol. The Balaban J connectivity index is 2.02. The predicted octanol–water partition coefficient (Wildman–Crippen LogP) is 3.20. The Morgan fingerprint density at radius 3 is 2.75 bits per heavy atom. The van der Waals surface area contributed by atoms with Crippen molar-refractivity contribution in [2.24, 2.45) is 17.1 Å². The molecule has 0 radical (unpaired) electrons. The average Bonchev–Trinajstić information content (AvgIpc) is 2.85. The summed E-state index contributed by atoms with van der Waals surface area (Å²) in [5.41, 5.74) is 6.92. The maximum atomic E-state index is 11.2. The van der Waals surface area contributed by atoms with Gasteiger partial charge in [0.05, 0.1) is 0 Å². The summed E-state index contributed by atoms with van der Waals surface area (Å²) in [5.74, 6) is 0.236. The maximum Gasteiger partial charge on any atom is 0.267 e. The number of aromatic nitrogens is 1. The van der Waals surface area contributed by atoms with Gasteiger partial charge in [-0.15, -0.1) is 0 Å². The molecule has 4 heteroatoms. The summed E-state index contributed by atoms with van der Waals surface area (Å²) in [7, 11) is 0. The van der Waals surface area contributed by atoms with Crippen molar-refractivity contribution in [2.75, 3.05) is 11.9 Å². The molecular formula is C16H25N3O. The molecule has 0 aliphatic heterocycles. The molecule has 1 aliphatic rings. The van der Waals surface area contributed by atoms with Crippen LogP contribution in [-0.4, -0.2) is 17.4 Å². The van der Waals surface area contributed by atoms with Gasteiger partial charge in [0.25, 0.3) is 5.91 Å². The highest BCUT2D eigenvalue weighted by Gasteiger charge is 2.34. The normalized spacial score (nSPS) is 17.4. The monoisotopic (exact) mass is 275 g/mol. The van der Waals surface area contributed by atoms with Gasteiger partial charge in [-0.1, -0.05) is 26.7 Å². The second-order valence-electron chi connectivity index (χ2n) is 6.45. The molecule has 110 valence electrons. The van der Waals surface area contributed by atoms with Crippen molar-refractivity contribution in [2.45, 2.75) is 46.0 Å². The molecule has 4 nitrogen and oxygen atoms in total. The predicted molar refractivity (Wildman–Crippen MR) is 81.6 cm³/mol. The van der Waals surface area contributed by atoms with Crippen molar-refractivity contribution < 1.29 is 4.79 Å². The van der Waals surface area contributed by atoms with Crippen LogP contribution in [0.4, 0.5) is 5.69 Å². The Kier molecular flexibility index (Phi) is 4.63. The summed E-state index contributed by atoms with van der Waals surface area (Å²) < 4.78 is 0. The van der Waals surface area contributed by atoms with Crippen LogP contribution >= 0.6 is 0 Å². The van der Waals surface area contributed by atoms with E-state index in [9.17, 15) is 4.79 Å². The molecule has 20 heavy (non-hydrogen) atoms. The van der Waals surface area contributed by atoms with Crippen molar-refractivity contribution in [1.29, 1.82) is 0 Å². The van der Waals surface area contributed by atoms with E-state index in [4.69, 9.17) is 5.73 Å². The Morgan fingerprint density at radius 1 is 1.45 bits per heavy atom. The van der Waals surface area contributed by atoms with Crippen LogP contribution in [0.25, 0.3) is 0 Å². The van der Waals surface area contributed by atoms with Gasteiger partial charge in [0.2, 0.25) is 0 Å². The molecule has 0 atom stereocenters. The number of anilines is 1. The molecule has 1 aromatic rings. The van der Waals surface area contributed by atoms with Gasteiger partial charge in [0.15, 0.2) is 0 Å². The quantitative estimate of drug-likeness (QED) is 0.837. The van der Waals surface area contributed by atoms with Gasteiger partial charge >= 0.3 is 0 Å². The number of primary amides is 1. The van der Waals surface area contributed by atoms with Crippen molar-refractivity contribution in [3.63, 3.8) is 0 Å². The van der Waals surface area contributed by atoms with E-state index in [0.717, 1.165) is 12.2 Å². The van der Waals surface area contributed by atoms with Gasteiger partial charge in [-0.25, -0.2) is 0 Å². The molecule has 1 fully saturated rings. The lowest BCUT2D eigenvalue weighted by molar-refractivity contribution is 0.0995. The van der Waals surface area contributed by atoms with Crippen LogP contribution in [0.15, 0.2) is 18.3 Å². The molecule has 1 aliphatic carbocycles. The van der Waals surface area contributed by atoms with E-state index in [2.05, 4.69) is 24.1 Å². The summed E-state index contributed by atoms with van der Waals surface area (Å²) in [6.45, 7) is 5.54. The summed E-state index contributed by atoms with van der Waals surface area (Å²) in [5, 5.41) is 3.48. The highest BCUT2D eigenvalue weighted by Crippen LogP contribution is 2.43. The zero-order valence-corrected chi connectivity index (χ0v) is 12.5. The zero-order valence-electron chi connectivity index (χ0n) is 12.5. The zero-order chi connectivity index (χ0) is 14.6. The number of amides is 1. The third-order valence-corrected chi connectivity index (χ3v) is 4.19. The number of carbonyl (C=O) groups excluding carboxylic acids is 1. The van der Waals surface area contributed by atoms with Crippen molar-refractivity contribution in [3.05, 3.63) is 24.0 Å². The molecule has 1 heterocycles. The van der Waals surface area contributed by atoms with Gasteiger partial charge in [-0.05, 0) is 42.7 Å². The Bertz CT molecular complexity index is 465. The van der Waals surface area contributed by atoms with E-state index < -0.39 is 5.91 Å². The topological polar surface area (TPSA) is 68.0 Å². The first-order valence-corrected chi connectivity index (χ1v) is 7.50. The first-order valence-electron chi connectivity index (χ1n) is 7.50. The van der Waals surface area contributed by atoms with Crippen LogP contribution in [0, 0.1) is 11.3 Å². The number of nitrogens with zero attached hydrogens (tertiary/aromatic N) is 1. The van der Waals surface area contributed by atoms with Crippen LogP contribution < -0.4 is 11.1 Å². The van der Waals surface area contributed by atoms with Gasteiger partial charge < -0.3 is 11.1 Å². The fourth-order valence-electron chi connectivity index (χ4n) is 3.41. The van der Waals surface area contributed by atoms with Crippen LogP contribution in [0.1, 0.15) is 56.4 Å². The summed E-state index contributed by atoms with van der Waals surface area (Å²) in [6.07, 6.45) is 8.15. The first kappa shape index (κ1) is 14.8. The molecule has 1 aromatic heterocycles. The Hall–Kier alpha value is -1.58. The van der Waals surface area contributed by atoms with Crippen molar-refractivity contribution in [1.82, 2.24) is 4.98 Å². The third-order valence-electron chi connectivity index (χ3n) is 4.19. The van der Waals surface area contributed by atoms with Gasteiger partial charge in [-0.3, -0.25) is 9.78 Å². The minimum Gasteiger partial charge on any atom is -0.384 e. The van der Waals surface area contributed by atoms with E-state index >= 15 is 0 Å². The molecular weight excluding hydrogens is 250 g/mol. The van der Waals surface area contributed by atoms with E-state index in [1.165, 1.54) is 32.1 Å². The Labute approximate surface area is 121 Å². The molecule has 0 aromatic carbocycles. The maximum absolute atomic E-state index is 11.2. The number of hydrogen-bond acceptors (Lipinski definition) is 3. The van der Waals surface area contributed by atoms with E-state index in [1.54, 1.807) is 12.3 Å². The van der Waals surface area contributed by atoms with Crippen LogP contribution in [0.3, 0.4) is 0 Å². The van der Waals surface area contributed by atoms with Crippen LogP contribution in [0.5, 0.6) is 0 Å². The number of nitrogens with two attached hydrogens (primary N) is 1. The van der Waals surface area contributed by atoms with E-state index in [-0.39, 0.29) is 0 Å². The van der Waals surface area contributed by atoms with Gasteiger partial charge in [0, 0.05) is 18.4 Å². The number of nitrogens with one attached hydrogen (secondary N) is 1. The standard InChI is InChI=1S/C16H25N3O/c1-12(2)10-16(6-3-4-7-16)11-19-13-5-8-18-14(9-13)15(17)20/h5,8-9,12H,3-4,6-7,10-11H2,1-2H3,(H2,17,20)(H,18,19). The minimum atomic E-state index is -0.480. The molecule has 3 N–H and O–H groups in total. The molecule has 0 unspecified atom stereocenters. The van der Waals surface area contributed by atoms with Crippen LogP contribution in [0.2, 0.25) is 0 Å². The molecule has 2 rings (SSSR count). The number of hydrogen-bond donors (Lipinski definition) is 2. The van der Waals surface area contributed by atoms with Gasteiger partial charge in [-0.2, -0.15) is 0 Å². The third kappa shape index (κ3) is 3.71. The van der Waals surface area contributed by atoms with Gasteiger partial charge in [0.1, 0.15) is 5.69 Å². The van der Waals surface area contributed by atoms with E-state index in [1.807, 2.05) is 6.07 Å². The fraction of sp³-hybridized carbons (Fsp3) is 0.625. The lowest BCUT2D eigenvalue weighted by Gasteiger charge is -2.31. The summed E-state index contributed by atoms with van der Waals surface area (Å²) in [6, 6.07) is 3.63. The Morgan fingerprint density at radius 2 is 2.15 bits per heavy atom. The molecule has 1 saturated carbocycles. The number of carbonyl (C=O) groups is 1. The smallest absolute Gasteiger partial charge is 0.267 e. The van der Waals surface area contributed by atoms with Crippen molar-refractivity contribution >= 4 is 11.6 Å². The van der Waals surface area contributed by atoms with Crippen LogP contribution in [-0.2, 0) is 0 Å². The lowest BCUT2D eigenvalue weighted by atomic mass is 9.78. The SMILES string of the molecule is CC(C)CC1(CNc2ccnc(C(N)=O)c2)CCCC1. The number of rotatable bonds is 6. The summed E-state index contributed by atoms with van der Waals surface area (Å²) >= 11 is 0. The summed E-state index contributed by atoms with van der Waals surface area (Å²) in [4.78, 5) is 15.1.